The Hall–Kier alpha value is -1.08. The van der Waals surface area contributed by atoms with Crippen molar-refractivity contribution in [2.45, 2.75) is 18.7 Å². The maximum atomic E-state index is 12.7. The predicted molar refractivity (Wildman–Crippen MR) is 90.5 cm³/mol. The molecule has 0 atom stereocenters. The summed E-state index contributed by atoms with van der Waals surface area (Å²) in [4.78, 5) is 0.323. The Bertz CT molecular complexity index is 679. The number of sulfonamides is 1. The molecule has 20 heavy (non-hydrogen) atoms. The van der Waals surface area contributed by atoms with E-state index in [9.17, 15) is 8.42 Å². The van der Waals surface area contributed by atoms with Crippen LogP contribution in [0.15, 0.2) is 53.4 Å². The van der Waals surface area contributed by atoms with Crippen molar-refractivity contribution in [3.8, 4) is 0 Å². The Labute approximate surface area is 133 Å². The van der Waals surface area contributed by atoms with E-state index in [0.717, 1.165) is 9.13 Å². The van der Waals surface area contributed by atoms with E-state index in [4.69, 9.17) is 0 Å². The highest BCUT2D eigenvalue weighted by Crippen LogP contribution is 2.24. The highest BCUT2D eigenvalue weighted by atomic mass is 127. The standard InChI is InChI=1S/C15H16INO2S/c1-3-17(14-8-6-13(16)7-9-14)20(18,19)15-10-4-12(2)5-11-15/h4-11H,3H2,1-2H3. The van der Waals surface area contributed by atoms with Crippen molar-refractivity contribution in [2.24, 2.45) is 0 Å². The van der Waals surface area contributed by atoms with Crippen LogP contribution < -0.4 is 4.31 Å². The molecule has 0 aliphatic heterocycles. The molecule has 0 aliphatic rings. The monoisotopic (exact) mass is 401 g/mol. The van der Waals surface area contributed by atoms with Crippen LogP contribution in [0.25, 0.3) is 0 Å². The molecule has 0 fully saturated rings. The molecule has 2 aromatic rings. The summed E-state index contributed by atoms with van der Waals surface area (Å²) >= 11 is 2.20. The van der Waals surface area contributed by atoms with E-state index < -0.39 is 10.0 Å². The number of nitrogens with zero attached hydrogens (tertiary/aromatic N) is 1. The molecule has 0 heterocycles. The molecule has 5 heteroatoms. The number of anilines is 1. The minimum absolute atomic E-state index is 0.323. The number of halogens is 1. The zero-order valence-corrected chi connectivity index (χ0v) is 14.3. The van der Waals surface area contributed by atoms with Crippen molar-refractivity contribution in [1.29, 1.82) is 0 Å². The first kappa shape index (κ1) is 15.3. The Balaban J connectivity index is 2.44. The third-order valence-corrected chi connectivity index (χ3v) is 5.65. The smallest absolute Gasteiger partial charge is 0.264 e. The molecule has 0 aliphatic carbocycles. The van der Waals surface area contributed by atoms with Crippen LogP contribution >= 0.6 is 22.6 Å². The average Bonchev–Trinajstić information content (AvgIpc) is 2.42. The zero-order valence-electron chi connectivity index (χ0n) is 11.4. The predicted octanol–water partition coefficient (Wildman–Crippen LogP) is 3.81. The first-order chi connectivity index (χ1) is 9.45. The zero-order chi connectivity index (χ0) is 14.8. The van der Waals surface area contributed by atoms with E-state index in [2.05, 4.69) is 22.6 Å². The molecule has 0 N–H and O–H groups in total. The normalized spacial score (nSPS) is 11.3. The van der Waals surface area contributed by atoms with Crippen LogP contribution in [0.3, 0.4) is 0 Å². The van der Waals surface area contributed by atoms with Crippen molar-refractivity contribution in [3.63, 3.8) is 0 Å². The lowest BCUT2D eigenvalue weighted by Crippen LogP contribution is -2.30. The van der Waals surface area contributed by atoms with Gasteiger partial charge in [-0.15, -0.1) is 0 Å². The van der Waals surface area contributed by atoms with E-state index in [1.165, 1.54) is 4.31 Å². The maximum absolute atomic E-state index is 12.7. The van der Waals surface area contributed by atoms with Gasteiger partial charge in [-0.3, -0.25) is 4.31 Å². The molecule has 2 aromatic carbocycles. The van der Waals surface area contributed by atoms with Crippen LogP contribution in [0.1, 0.15) is 12.5 Å². The van der Waals surface area contributed by atoms with Gasteiger partial charge in [-0.1, -0.05) is 17.7 Å². The molecule has 0 aromatic heterocycles. The summed E-state index contributed by atoms with van der Waals surface area (Å²) < 4.78 is 27.9. The van der Waals surface area contributed by atoms with Gasteiger partial charge in [0.15, 0.2) is 0 Å². The lowest BCUT2D eigenvalue weighted by atomic mass is 10.2. The fraction of sp³-hybridized carbons (Fsp3) is 0.200. The second-order valence-corrected chi connectivity index (χ2v) is 7.57. The van der Waals surface area contributed by atoms with Gasteiger partial charge in [0.2, 0.25) is 0 Å². The molecule has 0 spiro atoms. The SMILES string of the molecule is CCN(c1ccc(I)cc1)S(=O)(=O)c1ccc(C)cc1. The van der Waals surface area contributed by atoms with Crippen LogP contribution in [0.5, 0.6) is 0 Å². The summed E-state index contributed by atoms with van der Waals surface area (Å²) in [5.74, 6) is 0. The summed E-state index contributed by atoms with van der Waals surface area (Å²) in [5.41, 5.74) is 1.73. The van der Waals surface area contributed by atoms with Gasteiger partial charge in [-0.05, 0) is 72.8 Å². The highest BCUT2D eigenvalue weighted by molar-refractivity contribution is 14.1. The van der Waals surface area contributed by atoms with Crippen LogP contribution in [0.2, 0.25) is 0 Å². The van der Waals surface area contributed by atoms with Crippen molar-refractivity contribution >= 4 is 38.3 Å². The second kappa shape index (κ2) is 6.13. The van der Waals surface area contributed by atoms with Crippen LogP contribution in [0, 0.1) is 10.5 Å². The second-order valence-electron chi connectivity index (χ2n) is 4.46. The summed E-state index contributed by atoms with van der Waals surface area (Å²) in [5, 5.41) is 0. The minimum Gasteiger partial charge on any atom is -0.267 e. The molecule has 0 saturated heterocycles. The van der Waals surface area contributed by atoms with E-state index in [1.54, 1.807) is 12.1 Å². The van der Waals surface area contributed by atoms with Gasteiger partial charge in [0, 0.05) is 10.1 Å². The van der Waals surface area contributed by atoms with E-state index in [-0.39, 0.29) is 0 Å². The lowest BCUT2D eigenvalue weighted by Gasteiger charge is -2.23. The van der Waals surface area contributed by atoms with Crippen LogP contribution in [-0.4, -0.2) is 15.0 Å². The lowest BCUT2D eigenvalue weighted by molar-refractivity contribution is 0.592. The van der Waals surface area contributed by atoms with Gasteiger partial charge >= 0.3 is 0 Å². The molecule has 0 bridgehead atoms. The van der Waals surface area contributed by atoms with Crippen LogP contribution in [-0.2, 0) is 10.0 Å². The fourth-order valence-electron chi connectivity index (χ4n) is 1.94. The topological polar surface area (TPSA) is 37.4 Å². The van der Waals surface area contributed by atoms with Gasteiger partial charge in [-0.25, -0.2) is 8.42 Å². The summed E-state index contributed by atoms with van der Waals surface area (Å²) in [7, 11) is -3.50. The summed E-state index contributed by atoms with van der Waals surface area (Å²) in [6.07, 6.45) is 0. The average molecular weight is 401 g/mol. The van der Waals surface area contributed by atoms with Gasteiger partial charge in [0.1, 0.15) is 0 Å². The Morgan fingerprint density at radius 3 is 2.05 bits per heavy atom. The molecule has 2 rings (SSSR count). The van der Waals surface area contributed by atoms with Gasteiger partial charge in [-0.2, -0.15) is 0 Å². The Morgan fingerprint density at radius 1 is 1.00 bits per heavy atom. The first-order valence-electron chi connectivity index (χ1n) is 6.30. The molecule has 0 saturated carbocycles. The van der Waals surface area contributed by atoms with Crippen molar-refractivity contribution in [2.75, 3.05) is 10.8 Å². The Kier molecular flexibility index (Phi) is 4.70. The van der Waals surface area contributed by atoms with Crippen LogP contribution in [0.4, 0.5) is 5.69 Å². The maximum Gasteiger partial charge on any atom is 0.264 e. The number of rotatable bonds is 4. The highest BCUT2D eigenvalue weighted by Gasteiger charge is 2.23. The van der Waals surface area contributed by atoms with Crippen molar-refractivity contribution in [1.82, 2.24) is 0 Å². The molecule has 106 valence electrons. The van der Waals surface area contributed by atoms with Crippen molar-refractivity contribution in [3.05, 3.63) is 57.7 Å². The molecule has 3 nitrogen and oxygen atoms in total. The van der Waals surface area contributed by atoms with Crippen molar-refractivity contribution < 1.29 is 8.42 Å². The van der Waals surface area contributed by atoms with Gasteiger partial charge in [0.25, 0.3) is 10.0 Å². The molecule has 0 radical (unpaired) electrons. The first-order valence-corrected chi connectivity index (χ1v) is 8.82. The number of hydrogen-bond acceptors (Lipinski definition) is 2. The Morgan fingerprint density at radius 2 is 1.55 bits per heavy atom. The van der Waals surface area contributed by atoms with Gasteiger partial charge < -0.3 is 0 Å². The fourth-order valence-corrected chi connectivity index (χ4v) is 3.77. The van der Waals surface area contributed by atoms with Gasteiger partial charge in [0.05, 0.1) is 10.6 Å². The quantitative estimate of drug-likeness (QED) is 0.731. The molecular weight excluding hydrogens is 385 g/mol. The third-order valence-electron chi connectivity index (χ3n) is 3.01. The summed E-state index contributed by atoms with van der Waals surface area (Å²) in [6.45, 7) is 4.17. The number of benzene rings is 2. The number of aryl methyl sites for hydroxylation is 1. The summed E-state index contributed by atoms with van der Waals surface area (Å²) in [6, 6.07) is 14.4. The molecule has 0 amide bonds. The minimum atomic E-state index is -3.50. The van der Waals surface area contributed by atoms with E-state index >= 15 is 0 Å². The molecule has 0 unspecified atom stereocenters. The largest absolute Gasteiger partial charge is 0.267 e. The third kappa shape index (κ3) is 3.15. The number of hydrogen-bond donors (Lipinski definition) is 0. The van der Waals surface area contributed by atoms with E-state index in [1.807, 2.05) is 50.2 Å². The van der Waals surface area contributed by atoms with E-state index in [0.29, 0.717) is 17.1 Å². The molecular formula is C15H16INO2S.